The highest BCUT2D eigenvalue weighted by Gasteiger charge is 2.32. The maximum Gasteiger partial charge on any atom is 0.267 e. The average Bonchev–Trinajstić information content (AvgIpc) is 3.14. The number of nitrogens with one attached hydrogen (secondary N) is 1. The predicted octanol–water partition coefficient (Wildman–Crippen LogP) is 5.19. The van der Waals surface area contributed by atoms with Crippen molar-refractivity contribution in [3.63, 3.8) is 0 Å². The van der Waals surface area contributed by atoms with Gasteiger partial charge in [-0.3, -0.25) is 18.9 Å². The van der Waals surface area contributed by atoms with Gasteiger partial charge in [-0.05, 0) is 49.5 Å². The van der Waals surface area contributed by atoms with E-state index < -0.39 is 0 Å². The number of carbonyl (C=O) groups excluding carboxylic acids is 1. The minimum atomic E-state index is -0.188. The third-order valence-electron chi connectivity index (χ3n) is 6.65. The van der Waals surface area contributed by atoms with Gasteiger partial charge in [-0.25, -0.2) is 4.98 Å². The number of nitrogens with zero attached hydrogens (tertiary/aromatic N) is 3. The zero-order valence-electron chi connectivity index (χ0n) is 19.7. The van der Waals surface area contributed by atoms with Crippen molar-refractivity contribution in [2.75, 3.05) is 11.9 Å². The standard InChI is InChI=1S/C27H28N4O2S2/c1-18-9-8-15-30-24(18)29-23(28-20-12-6-3-7-13-20)21(25(30)32)17-22-26(33)31(27(34)35-22)16-14-19-10-4-2-5-11-19/h2,4-5,8-11,15,17,20,28H,3,6-7,12-14,16H2,1H3/b22-17+. The summed E-state index contributed by atoms with van der Waals surface area (Å²) in [5, 5.41) is 3.53. The maximum absolute atomic E-state index is 13.6. The lowest BCUT2D eigenvalue weighted by Gasteiger charge is -2.24. The summed E-state index contributed by atoms with van der Waals surface area (Å²) in [6, 6.07) is 14.1. The third-order valence-corrected chi connectivity index (χ3v) is 8.02. The SMILES string of the molecule is Cc1cccn2c(=O)c(/C=C3/SC(=S)N(CCc4ccccc4)C3=O)c(NC3CCCCC3)nc12. The molecule has 2 aromatic heterocycles. The molecule has 2 fully saturated rings. The van der Waals surface area contributed by atoms with Crippen LogP contribution in [-0.2, 0) is 11.2 Å². The van der Waals surface area contributed by atoms with Crippen molar-refractivity contribution in [2.24, 2.45) is 0 Å². The number of benzene rings is 1. The van der Waals surface area contributed by atoms with Gasteiger partial charge in [-0.15, -0.1) is 0 Å². The lowest BCUT2D eigenvalue weighted by atomic mass is 9.95. The van der Waals surface area contributed by atoms with Crippen molar-refractivity contribution in [3.05, 3.63) is 80.6 Å². The van der Waals surface area contributed by atoms with Crippen molar-refractivity contribution in [2.45, 2.75) is 51.5 Å². The molecule has 3 aromatic rings. The summed E-state index contributed by atoms with van der Waals surface area (Å²) >= 11 is 6.78. The Morgan fingerprint density at radius 3 is 2.66 bits per heavy atom. The number of thioether (sulfide) groups is 1. The third kappa shape index (κ3) is 5.04. The van der Waals surface area contributed by atoms with Crippen LogP contribution in [0.1, 0.15) is 48.8 Å². The Labute approximate surface area is 214 Å². The van der Waals surface area contributed by atoms with Crippen LogP contribution in [0.25, 0.3) is 11.7 Å². The monoisotopic (exact) mass is 504 g/mol. The Morgan fingerprint density at radius 1 is 1.11 bits per heavy atom. The van der Waals surface area contributed by atoms with E-state index in [1.807, 2.05) is 49.4 Å². The summed E-state index contributed by atoms with van der Waals surface area (Å²) in [4.78, 5) is 33.8. The second kappa shape index (κ2) is 10.3. The molecule has 0 atom stereocenters. The molecule has 0 spiro atoms. The van der Waals surface area contributed by atoms with Gasteiger partial charge >= 0.3 is 0 Å². The molecule has 6 nitrogen and oxygen atoms in total. The van der Waals surface area contributed by atoms with Crippen LogP contribution >= 0.6 is 24.0 Å². The van der Waals surface area contributed by atoms with Crippen LogP contribution in [0.5, 0.6) is 0 Å². The smallest absolute Gasteiger partial charge is 0.267 e. The van der Waals surface area contributed by atoms with Gasteiger partial charge in [0.1, 0.15) is 15.8 Å². The van der Waals surface area contributed by atoms with Crippen LogP contribution in [0, 0.1) is 6.92 Å². The van der Waals surface area contributed by atoms with Crippen LogP contribution in [0.3, 0.4) is 0 Å². The first-order valence-electron chi connectivity index (χ1n) is 12.1. The minimum absolute atomic E-state index is 0.159. The van der Waals surface area contributed by atoms with Crippen molar-refractivity contribution in [3.8, 4) is 0 Å². The first kappa shape index (κ1) is 23.8. The Bertz CT molecular complexity index is 1360. The molecule has 1 saturated carbocycles. The highest BCUT2D eigenvalue weighted by atomic mass is 32.2. The first-order valence-corrected chi connectivity index (χ1v) is 13.3. The number of aryl methyl sites for hydroxylation is 1. The largest absolute Gasteiger partial charge is 0.367 e. The van der Waals surface area contributed by atoms with E-state index in [2.05, 4.69) is 5.32 Å². The zero-order chi connectivity index (χ0) is 24.4. The highest BCUT2D eigenvalue weighted by Crippen LogP contribution is 2.33. The molecule has 0 unspecified atom stereocenters. The van der Waals surface area contributed by atoms with Crippen molar-refractivity contribution in [1.29, 1.82) is 0 Å². The van der Waals surface area contributed by atoms with Gasteiger partial charge in [-0.2, -0.15) is 0 Å². The summed E-state index contributed by atoms with van der Waals surface area (Å²) in [5.41, 5.74) is 2.92. The van der Waals surface area contributed by atoms with E-state index in [1.54, 1.807) is 21.6 Å². The van der Waals surface area contributed by atoms with E-state index in [1.165, 1.54) is 31.0 Å². The molecular weight excluding hydrogens is 476 g/mol. The van der Waals surface area contributed by atoms with E-state index in [4.69, 9.17) is 17.2 Å². The predicted molar refractivity (Wildman–Crippen MR) is 147 cm³/mol. The molecule has 8 heteroatoms. The molecule has 1 aliphatic heterocycles. The normalized spacial score (nSPS) is 18.1. The Morgan fingerprint density at radius 2 is 1.89 bits per heavy atom. The van der Waals surface area contributed by atoms with E-state index >= 15 is 0 Å². The van der Waals surface area contributed by atoms with Crippen LogP contribution < -0.4 is 10.9 Å². The van der Waals surface area contributed by atoms with Gasteiger partial charge in [0.2, 0.25) is 0 Å². The molecule has 180 valence electrons. The summed E-state index contributed by atoms with van der Waals surface area (Å²) < 4.78 is 2.08. The van der Waals surface area contributed by atoms with Crippen LogP contribution in [-0.4, -0.2) is 37.1 Å². The van der Waals surface area contributed by atoms with Gasteiger partial charge in [0.15, 0.2) is 0 Å². The second-order valence-electron chi connectivity index (χ2n) is 9.11. The fourth-order valence-corrected chi connectivity index (χ4v) is 5.99. The fourth-order valence-electron chi connectivity index (χ4n) is 4.70. The van der Waals surface area contributed by atoms with E-state index in [-0.39, 0.29) is 17.5 Å². The number of rotatable bonds is 6. The molecule has 1 N–H and O–H groups in total. The number of fused-ring (bicyclic) bond motifs is 1. The highest BCUT2D eigenvalue weighted by molar-refractivity contribution is 8.26. The topological polar surface area (TPSA) is 66.7 Å². The lowest BCUT2D eigenvalue weighted by molar-refractivity contribution is -0.122. The van der Waals surface area contributed by atoms with E-state index in [0.717, 1.165) is 24.0 Å². The summed E-state index contributed by atoms with van der Waals surface area (Å²) in [5.74, 6) is 0.388. The summed E-state index contributed by atoms with van der Waals surface area (Å²) in [7, 11) is 0. The molecule has 0 bridgehead atoms. The summed E-state index contributed by atoms with van der Waals surface area (Å²) in [6.45, 7) is 2.46. The molecule has 5 rings (SSSR count). The molecule has 1 saturated heterocycles. The van der Waals surface area contributed by atoms with Crippen molar-refractivity contribution >= 4 is 51.7 Å². The number of hydrogen-bond donors (Lipinski definition) is 1. The van der Waals surface area contributed by atoms with Crippen molar-refractivity contribution in [1.82, 2.24) is 14.3 Å². The first-order chi connectivity index (χ1) is 17.0. The van der Waals surface area contributed by atoms with E-state index in [9.17, 15) is 9.59 Å². The van der Waals surface area contributed by atoms with Gasteiger partial charge in [0.25, 0.3) is 11.5 Å². The average molecular weight is 505 g/mol. The van der Waals surface area contributed by atoms with Crippen LogP contribution in [0.15, 0.2) is 58.4 Å². The molecule has 3 heterocycles. The lowest BCUT2D eigenvalue weighted by Crippen LogP contribution is -2.30. The van der Waals surface area contributed by atoms with Gasteiger partial charge in [0, 0.05) is 18.8 Å². The number of thiocarbonyl (C=S) groups is 1. The van der Waals surface area contributed by atoms with Crippen molar-refractivity contribution < 1.29 is 4.79 Å². The zero-order valence-corrected chi connectivity index (χ0v) is 21.3. The number of aromatic nitrogens is 2. The van der Waals surface area contributed by atoms with Crippen LogP contribution in [0.2, 0.25) is 0 Å². The number of hydrogen-bond acceptors (Lipinski definition) is 6. The van der Waals surface area contributed by atoms with E-state index in [0.29, 0.717) is 39.2 Å². The Hall–Kier alpha value is -2.97. The van der Waals surface area contributed by atoms with Gasteiger partial charge in [0.05, 0.1) is 10.5 Å². The molecule has 0 radical (unpaired) electrons. The molecule has 1 amide bonds. The number of carbonyl (C=O) groups is 1. The number of anilines is 1. The fraction of sp³-hybridized carbons (Fsp3) is 0.333. The van der Waals surface area contributed by atoms with Gasteiger partial charge in [-0.1, -0.05) is 79.6 Å². The molecule has 35 heavy (non-hydrogen) atoms. The number of pyridine rings is 1. The molecule has 1 aliphatic carbocycles. The molecular formula is C27H28N4O2S2. The van der Waals surface area contributed by atoms with Crippen LogP contribution in [0.4, 0.5) is 5.82 Å². The number of amides is 1. The maximum atomic E-state index is 13.6. The Balaban J connectivity index is 1.49. The van der Waals surface area contributed by atoms with Gasteiger partial charge < -0.3 is 5.32 Å². The second-order valence-corrected chi connectivity index (χ2v) is 10.8. The summed E-state index contributed by atoms with van der Waals surface area (Å²) in [6.07, 6.45) is 9.79. The quantitative estimate of drug-likeness (QED) is 0.368. The molecule has 1 aromatic carbocycles. The molecule has 2 aliphatic rings. The Kier molecular flexibility index (Phi) is 7.02. The minimum Gasteiger partial charge on any atom is -0.367 e.